The molecule has 0 saturated carbocycles. The Kier molecular flexibility index (Phi) is 2.79. The molecule has 0 aromatic heterocycles. The molecule has 0 spiro atoms. The van der Waals surface area contributed by atoms with Crippen LogP contribution in [0.2, 0.25) is 0 Å². The van der Waals surface area contributed by atoms with E-state index in [0.29, 0.717) is 6.04 Å². The minimum Gasteiger partial charge on any atom is -0.488 e. The molecule has 76 valence electrons. The Labute approximate surface area is 92.8 Å². The first-order chi connectivity index (χ1) is 6.72. The number of hydrogen-bond donors (Lipinski definition) is 1. The van der Waals surface area contributed by atoms with Gasteiger partial charge in [-0.1, -0.05) is 28.9 Å². The summed E-state index contributed by atoms with van der Waals surface area (Å²) in [6, 6.07) is 6.55. The average molecular weight is 256 g/mol. The lowest BCUT2D eigenvalue weighted by atomic mass is 10.0. The first-order valence-corrected chi connectivity index (χ1v) is 5.71. The summed E-state index contributed by atoms with van der Waals surface area (Å²) in [5, 5.41) is 3.43. The molecule has 14 heavy (non-hydrogen) atoms. The third kappa shape index (κ3) is 1.66. The predicted octanol–water partition coefficient (Wildman–Crippen LogP) is 2.88. The number of fused-ring (bicyclic) bond motifs is 1. The van der Waals surface area contributed by atoms with Crippen LogP contribution in [-0.4, -0.2) is 12.6 Å². The fourth-order valence-corrected chi connectivity index (χ4v) is 2.22. The van der Waals surface area contributed by atoms with Crippen molar-refractivity contribution < 1.29 is 4.74 Å². The lowest BCUT2D eigenvalue weighted by Crippen LogP contribution is -2.28. The fourth-order valence-electron chi connectivity index (χ4n) is 1.88. The number of ether oxygens (including phenoxy) is 1. The van der Waals surface area contributed by atoms with Gasteiger partial charge in [-0.15, -0.1) is 0 Å². The molecule has 1 aliphatic rings. The van der Waals surface area contributed by atoms with Crippen molar-refractivity contribution in [2.45, 2.75) is 26.0 Å². The number of halogens is 1. The van der Waals surface area contributed by atoms with E-state index in [-0.39, 0.29) is 6.10 Å². The van der Waals surface area contributed by atoms with Crippen LogP contribution in [0.1, 0.15) is 25.5 Å². The molecule has 2 atom stereocenters. The summed E-state index contributed by atoms with van der Waals surface area (Å²) in [6.45, 7) is 5.18. The van der Waals surface area contributed by atoms with Crippen LogP contribution in [0.15, 0.2) is 22.7 Å². The van der Waals surface area contributed by atoms with E-state index in [9.17, 15) is 0 Å². The van der Waals surface area contributed by atoms with Crippen LogP contribution >= 0.6 is 15.9 Å². The van der Waals surface area contributed by atoms with Gasteiger partial charge in [0, 0.05) is 10.0 Å². The minimum absolute atomic E-state index is 0.222. The number of likely N-dealkylation sites (N-methyl/N-ethyl adjacent to an activating group) is 1. The number of nitrogens with one attached hydrogen (secondary N) is 1. The number of hydrogen-bond acceptors (Lipinski definition) is 2. The lowest BCUT2D eigenvalue weighted by molar-refractivity contribution is 0.211. The highest BCUT2D eigenvalue weighted by Crippen LogP contribution is 2.37. The zero-order valence-electron chi connectivity index (χ0n) is 8.38. The zero-order chi connectivity index (χ0) is 10.1. The van der Waals surface area contributed by atoms with Gasteiger partial charge >= 0.3 is 0 Å². The van der Waals surface area contributed by atoms with E-state index in [1.807, 2.05) is 6.07 Å². The maximum Gasteiger partial charge on any atom is 0.125 e. The first-order valence-electron chi connectivity index (χ1n) is 4.92. The molecule has 0 amide bonds. The Bertz CT molecular complexity index is 340. The van der Waals surface area contributed by atoms with Crippen molar-refractivity contribution in [1.29, 1.82) is 0 Å². The number of benzene rings is 1. The van der Waals surface area contributed by atoms with Crippen molar-refractivity contribution in [3.8, 4) is 5.75 Å². The molecule has 1 aliphatic heterocycles. The quantitative estimate of drug-likeness (QED) is 0.878. The molecule has 1 aromatic carbocycles. The zero-order valence-corrected chi connectivity index (χ0v) is 9.97. The van der Waals surface area contributed by atoms with E-state index >= 15 is 0 Å². The van der Waals surface area contributed by atoms with Gasteiger partial charge in [0.05, 0.1) is 6.04 Å². The van der Waals surface area contributed by atoms with Crippen molar-refractivity contribution >= 4 is 15.9 Å². The summed E-state index contributed by atoms with van der Waals surface area (Å²) in [6.07, 6.45) is 0.222. The molecule has 3 heteroatoms. The summed E-state index contributed by atoms with van der Waals surface area (Å²) in [5.41, 5.74) is 1.27. The van der Waals surface area contributed by atoms with Gasteiger partial charge < -0.3 is 10.1 Å². The molecule has 1 aromatic rings. The van der Waals surface area contributed by atoms with Crippen molar-refractivity contribution in [3.05, 3.63) is 28.2 Å². The molecular formula is C11H14BrNO. The van der Waals surface area contributed by atoms with Crippen LogP contribution < -0.4 is 10.1 Å². The molecule has 0 bridgehead atoms. The Hall–Kier alpha value is -0.540. The molecule has 0 radical (unpaired) electrons. The largest absolute Gasteiger partial charge is 0.488 e. The topological polar surface area (TPSA) is 21.3 Å². The molecule has 2 nitrogen and oxygen atoms in total. The van der Waals surface area contributed by atoms with Crippen molar-refractivity contribution in [2.24, 2.45) is 0 Å². The van der Waals surface area contributed by atoms with Gasteiger partial charge in [0.2, 0.25) is 0 Å². The van der Waals surface area contributed by atoms with Crippen LogP contribution in [-0.2, 0) is 0 Å². The van der Waals surface area contributed by atoms with E-state index in [2.05, 4.69) is 47.2 Å². The SMILES string of the molecule is CCNC1c2ccc(Br)cc2OC1C. The molecule has 0 fully saturated rings. The van der Waals surface area contributed by atoms with Gasteiger partial charge in [-0.3, -0.25) is 0 Å². The van der Waals surface area contributed by atoms with Gasteiger partial charge in [-0.2, -0.15) is 0 Å². The molecular weight excluding hydrogens is 242 g/mol. The molecule has 2 rings (SSSR count). The lowest BCUT2D eigenvalue weighted by Gasteiger charge is -2.14. The third-order valence-electron chi connectivity index (χ3n) is 2.52. The van der Waals surface area contributed by atoms with Crippen molar-refractivity contribution in [1.82, 2.24) is 5.32 Å². The van der Waals surface area contributed by atoms with E-state index in [1.165, 1.54) is 5.56 Å². The second-order valence-corrected chi connectivity index (χ2v) is 4.46. The Morgan fingerprint density at radius 1 is 1.50 bits per heavy atom. The summed E-state index contributed by atoms with van der Waals surface area (Å²) in [4.78, 5) is 0. The van der Waals surface area contributed by atoms with Crippen LogP contribution in [0.3, 0.4) is 0 Å². The predicted molar refractivity (Wildman–Crippen MR) is 60.6 cm³/mol. The highest BCUT2D eigenvalue weighted by molar-refractivity contribution is 9.10. The molecule has 1 N–H and O–H groups in total. The van der Waals surface area contributed by atoms with Crippen LogP contribution in [0.4, 0.5) is 0 Å². The summed E-state index contributed by atoms with van der Waals surface area (Å²) in [5.74, 6) is 0.998. The Balaban J connectivity index is 2.33. The summed E-state index contributed by atoms with van der Waals surface area (Å²) in [7, 11) is 0. The van der Waals surface area contributed by atoms with Crippen LogP contribution in [0.25, 0.3) is 0 Å². The molecule has 1 heterocycles. The van der Waals surface area contributed by atoms with Gasteiger partial charge in [0.25, 0.3) is 0 Å². The number of rotatable bonds is 2. The van der Waals surface area contributed by atoms with Gasteiger partial charge in [0.15, 0.2) is 0 Å². The molecule has 0 saturated heterocycles. The minimum atomic E-state index is 0.222. The smallest absolute Gasteiger partial charge is 0.125 e. The highest BCUT2D eigenvalue weighted by Gasteiger charge is 2.30. The van der Waals surface area contributed by atoms with Crippen molar-refractivity contribution in [3.63, 3.8) is 0 Å². The van der Waals surface area contributed by atoms with Crippen molar-refractivity contribution in [2.75, 3.05) is 6.54 Å². The third-order valence-corrected chi connectivity index (χ3v) is 3.01. The van der Waals surface area contributed by atoms with E-state index < -0.39 is 0 Å². The maximum absolute atomic E-state index is 5.76. The van der Waals surface area contributed by atoms with E-state index in [1.54, 1.807) is 0 Å². The van der Waals surface area contributed by atoms with Crippen LogP contribution in [0, 0.1) is 0 Å². The van der Waals surface area contributed by atoms with E-state index in [4.69, 9.17) is 4.74 Å². The normalized spacial score (nSPS) is 24.5. The molecule has 0 aliphatic carbocycles. The second-order valence-electron chi connectivity index (χ2n) is 3.54. The first kappa shape index (κ1) is 9.99. The maximum atomic E-state index is 5.76. The van der Waals surface area contributed by atoms with Gasteiger partial charge in [-0.05, 0) is 25.6 Å². The highest BCUT2D eigenvalue weighted by atomic mass is 79.9. The molecule has 2 unspecified atom stereocenters. The second kappa shape index (κ2) is 3.91. The summed E-state index contributed by atoms with van der Waals surface area (Å²) >= 11 is 3.44. The Morgan fingerprint density at radius 2 is 2.29 bits per heavy atom. The van der Waals surface area contributed by atoms with Crippen LogP contribution in [0.5, 0.6) is 5.75 Å². The van der Waals surface area contributed by atoms with Gasteiger partial charge in [0.1, 0.15) is 11.9 Å². The average Bonchev–Trinajstić information content (AvgIpc) is 2.43. The Morgan fingerprint density at radius 3 is 3.00 bits per heavy atom. The standard InChI is InChI=1S/C11H14BrNO/c1-3-13-11-7(2)14-10-6-8(12)4-5-9(10)11/h4-7,11,13H,3H2,1-2H3. The van der Waals surface area contributed by atoms with Gasteiger partial charge in [-0.25, -0.2) is 0 Å². The summed E-state index contributed by atoms with van der Waals surface area (Å²) < 4.78 is 6.83. The fraction of sp³-hybridized carbons (Fsp3) is 0.455. The van der Waals surface area contributed by atoms with E-state index in [0.717, 1.165) is 16.8 Å². The monoisotopic (exact) mass is 255 g/mol.